The number of fused-ring (bicyclic) bond motifs is 1. The summed E-state index contributed by atoms with van der Waals surface area (Å²) in [6, 6.07) is 9.81. The van der Waals surface area contributed by atoms with Crippen LogP contribution in [0.5, 0.6) is 5.75 Å². The van der Waals surface area contributed by atoms with Crippen molar-refractivity contribution in [2.24, 2.45) is 0 Å². The van der Waals surface area contributed by atoms with Gasteiger partial charge in [-0.25, -0.2) is 4.98 Å². The summed E-state index contributed by atoms with van der Waals surface area (Å²) < 4.78 is 10.6. The summed E-state index contributed by atoms with van der Waals surface area (Å²) in [5.41, 5.74) is 2.41. The summed E-state index contributed by atoms with van der Waals surface area (Å²) in [6.45, 7) is 4.28. The largest absolute Gasteiger partial charge is 0.494 e. The van der Waals surface area contributed by atoms with Gasteiger partial charge in [0.25, 0.3) is 0 Å². The molecule has 24 heavy (non-hydrogen) atoms. The lowest BCUT2D eigenvalue weighted by Crippen LogP contribution is -2.20. The van der Waals surface area contributed by atoms with Crippen molar-refractivity contribution in [2.45, 2.75) is 32.6 Å². The highest BCUT2D eigenvalue weighted by Crippen LogP contribution is 2.31. The molecule has 0 radical (unpaired) electrons. The van der Waals surface area contributed by atoms with Crippen molar-refractivity contribution in [3.05, 3.63) is 35.5 Å². The molecule has 0 aliphatic rings. The van der Waals surface area contributed by atoms with Gasteiger partial charge in [0, 0.05) is 30.0 Å². The molecule has 1 heterocycles. The van der Waals surface area contributed by atoms with Crippen molar-refractivity contribution in [3.8, 4) is 11.8 Å². The fraction of sp³-hybridized carbons (Fsp3) is 0.421. The van der Waals surface area contributed by atoms with Crippen molar-refractivity contribution < 1.29 is 14.3 Å². The molecule has 1 aromatic carbocycles. The molecular weight excluding hydrogens is 304 g/mol. The van der Waals surface area contributed by atoms with Gasteiger partial charge in [-0.2, -0.15) is 5.26 Å². The number of benzene rings is 1. The minimum absolute atomic E-state index is 0.0146. The van der Waals surface area contributed by atoms with E-state index in [9.17, 15) is 4.79 Å². The van der Waals surface area contributed by atoms with Gasteiger partial charge in [-0.1, -0.05) is 12.1 Å². The molecule has 0 aliphatic heterocycles. The molecule has 126 valence electrons. The Kier molecular flexibility index (Phi) is 6.28. The van der Waals surface area contributed by atoms with Crippen molar-refractivity contribution >= 4 is 16.7 Å². The van der Waals surface area contributed by atoms with Crippen molar-refractivity contribution in [2.75, 3.05) is 20.3 Å². The number of hydrogen-bond donors (Lipinski definition) is 0. The topological polar surface area (TPSA) is 72.2 Å². The zero-order chi connectivity index (χ0) is 17.5. The van der Waals surface area contributed by atoms with Crippen molar-refractivity contribution in [3.63, 3.8) is 0 Å². The minimum Gasteiger partial charge on any atom is -0.494 e. The summed E-state index contributed by atoms with van der Waals surface area (Å²) in [6.07, 6.45) is 0.790. The number of methoxy groups -OCH3 is 1. The molecule has 0 N–H and O–H groups in total. The predicted octanol–water partition coefficient (Wildman–Crippen LogP) is 3.54. The number of aryl methyl sites for hydroxylation is 1. The fourth-order valence-corrected chi connectivity index (χ4v) is 2.80. The van der Waals surface area contributed by atoms with Crippen LogP contribution in [0.4, 0.5) is 0 Å². The third-order valence-corrected chi connectivity index (χ3v) is 4.02. The lowest BCUT2D eigenvalue weighted by atomic mass is 9.88. The first-order chi connectivity index (χ1) is 11.6. The highest BCUT2D eigenvalue weighted by molar-refractivity contribution is 5.90. The highest BCUT2D eigenvalue weighted by Gasteiger charge is 2.23. The molecule has 1 unspecified atom stereocenters. The van der Waals surface area contributed by atoms with E-state index in [1.165, 1.54) is 0 Å². The lowest BCUT2D eigenvalue weighted by molar-refractivity contribution is -0.125. The van der Waals surface area contributed by atoms with E-state index in [2.05, 4.69) is 11.1 Å². The second-order valence-electron chi connectivity index (χ2n) is 5.55. The number of hydrogen-bond acceptors (Lipinski definition) is 5. The zero-order valence-electron chi connectivity index (χ0n) is 14.3. The van der Waals surface area contributed by atoms with Crippen LogP contribution in [-0.4, -0.2) is 31.1 Å². The Morgan fingerprint density at radius 1 is 1.42 bits per heavy atom. The number of ketones is 1. The van der Waals surface area contributed by atoms with Crippen molar-refractivity contribution in [1.29, 1.82) is 5.26 Å². The maximum absolute atomic E-state index is 12.5. The Morgan fingerprint density at radius 2 is 2.21 bits per heavy atom. The molecule has 0 saturated heterocycles. The van der Waals surface area contributed by atoms with Crippen LogP contribution in [0.15, 0.2) is 24.3 Å². The van der Waals surface area contributed by atoms with E-state index in [-0.39, 0.29) is 18.3 Å². The second kappa shape index (κ2) is 8.42. The molecule has 0 bridgehead atoms. The van der Waals surface area contributed by atoms with Gasteiger partial charge in [0.2, 0.25) is 0 Å². The summed E-state index contributed by atoms with van der Waals surface area (Å²) in [5.74, 6) is 0.315. The van der Waals surface area contributed by atoms with Gasteiger partial charge in [-0.05, 0) is 38.0 Å². The highest BCUT2D eigenvalue weighted by atomic mass is 16.5. The molecule has 0 spiro atoms. The lowest BCUT2D eigenvalue weighted by Gasteiger charge is -2.18. The molecule has 0 saturated carbocycles. The molecular formula is C19H22N2O3. The smallest absolute Gasteiger partial charge is 0.165 e. The molecule has 1 atom stereocenters. The number of aromatic nitrogens is 1. The Morgan fingerprint density at radius 3 is 2.88 bits per heavy atom. The summed E-state index contributed by atoms with van der Waals surface area (Å²) in [4.78, 5) is 17.2. The molecule has 2 rings (SSSR count). The Bertz CT molecular complexity index is 765. The maximum Gasteiger partial charge on any atom is 0.165 e. The number of carbonyl (C=O) groups excluding carboxylic acids is 1. The Hall–Kier alpha value is -2.45. The third-order valence-electron chi connectivity index (χ3n) is 4.02. The Labute approximate surface area is 142 Å². The molecule has 0 amide bonds. The van der Waals surface area contributed by atoms with Crippen LogP contribution >= 0.6 is 0 Å². The summed E-state index contributed by atoms with van der Waals surface area (Å²) in [5, 5.41) is 9.82. The van der Waals surface area contributed by atoms with Crippen LogP contribution < -0.4 is 4.74 Å². The average molecular weight is 326 g/mol. The number of carbonyl (C=O) groups is 1. The standard InChI is InChI=1S/C19H22N2O3/c1-4-24-12-17(22)15(8-6-10-20)16-11-14-7-5-9-18(23-3)19(14)21-13(16)2/h5,7,9,11,15H,4,6,8,12H2,1-3H3. The van der Waals surface area contributed by atoms with E-state index in [0.29, 0.717) is 25.2 Å². The van der Waals surface area contributed by atoms with Crippen LogP contribution in [-0.2, 0) is 9.53 Å². The van der Waals surface area contributed by atoms with E-state index < -0.39 is 0 Å². The third kappa shape index (κ3) is 3.90. The molecule has 2 aromatic rings. The first kappa shape index (κ1) is 17.9. The first-order valence-corrected chi connectivity index (χ1v) is 8.04. The van der Waals surface area contributed by atoms with Gasteiger partial charge in [0.15, 0.2) is 5.78 Å². The number of nitrogens with zero attached hydrogens (tertiary/aromatic N) is 2. The number of rotatable bonds is 8. The van der Waals surface area contributed by atoms with E-state index in [4.69, 9.17) is 14.7 Å². The zero-order valence-corrected chi connectivity index (χ0v) is 14.3. The Balaban J connectivity index is 2.47. The molecule has 0 fully saturated rings. The van der Waals surface area contributed by atoms with Crippen molar-refractivity contribution in [1.82, 2.24) is 4.98 Å². The second-order valence-corrected chi connectivity index (χ2v) is 5.55. The van der Waals surface area contributed by atoms with Crippen LogP contribution in [0.3, 0.4) is 0 Å². The SMILES string of the molecule is CCOCC(=O)C(CCC#N)c1cc2cccc(OC)c2nc1C. The maximum atomic E-state index is 12.5. The van der Waals surface area contributed by atoms with Gasteiger partial charge in [0.05, 0.1) is 13.2 Å². The number of nitriles is 1. The van der Waals surface area contributed by atoms with Gasteiger partial charge in [0.1, 0.15) is 17.9 Å². The summed E-state index contributed by atoms with van der Waals surface area (Å²) >= 11 is 0. The van der Waals surface area contributed by atoms with E-state index in [1.807, 2.05) is 38.1 Å². The van der Waals surface area contributed by atoms with Crippen LogP contribution in [0, 0.1) is 18.3 Å². The summed E-state index contributed by atoms with van der Waals surface area (Å²) in [7, 11) is 1.61. The average Bonchev–Trinajstić information content (AvgIpc) is 2.59. The number of Topliss-reactive ketones (excluding diaryl/α,β-unsaturated/α-hetero) is 1. The van der Waals surface area contributed by atoms with E-state index in [0.717, 1.165) is 22.2 Å². The number of ether oxygens (including phenoxy) is 2. The monoisotopic (exact) mass is 326 g/mol. The number of para-hydroxylation sites is 1. The van der Waals surface area contributed by atoms with Gasteiger partial charge >= 0.3 is 0 Å². The molecule has 5 nitrogen and oxygen atoms in total. The van der Waals surface area contributed by atoms with Crippen LogP contribution in [0.2, 0.25) is 0 Å². The van der Waals surface area contributed by atoms with Gasteiger partial charge in [-0.3, -0.25) is 4.79 Å². The number of pyridine rings is 1. The molecule has 1 aromatic heterocycles. The van der Waals surface area contributed by atoms with Gasteiger partial charge in [-0.15, -0.1) is 0 Å². The quantitative estimate of drug-likeness (QED) is 0.742. The first-order valence-electron chi connectivity index (χ1n) is 8.04. The van der Waals surface area contributed by atoms with E-state index in [1.54, 1.807) is 7.11 Å². The molecule has 5 heteroatoms. The van der Waals surface area contributed by atoms with E-state index >= 15 is 0 Å². The van der Waals surface area contributed by atoms with Crippen LogP contribution in [0.1, 0.15) is 36.9 Å². The van der Waals surface area contributed by atoms with Crippen LogP contribution in [0.25, 0.3) is 10.9 Å². The van der Waals surface area contributed by atoms with Gasteiger partial charge < -0.3 is 9.47 Å². The molecule has 0 aliphatic carbocycles. The predicted molar refractivity (Wildman–Crippen MR) is 92.1 cm³/mol. The fourth-order valence-electron chi connectivity index (χ4n) is 2.80. The normalized spacial score (nSPS) is 11.9. The minimum atomic E-state index is -0.376.